The predicted octanol–water partition coefficient (Wildman–Crippen LogP) is 3.44. The fourth-order valence-electron chi connectivity index (χ4n) is 2.75. The van der Waals surface area contributed by atoms with Gasteiger partial charge >= 0.3 is 6.09 Å². The van der Waals surface area contributed by atoms with E-state index in [4.69, 9.17) is 4.74 Å². The van der Waals surface area contributed by atoms with Gasteiger partial charge in [0.25, 0.3) is 0 Å². The minimum absolute atomic E-state index is 0.243. The number of piperidine rings is 1. The van der Waals surface area contributed by atoms with Crippen LogP contribution in [0.2, 0.25) is 0 Å². The van der Waals surface area contributed by atoms with Gasteiger partial charge in [0.05, 0.1) is 4.90 Å². The molecule has 1 saturated heterocycles. The summed E-state index contributed by atoms with van der Waals surface area (Å²) in [5.74, 6) is 0. The van der Waals surface area contributed by atoms with Crippen LogP contribution in [0.15, 0.2) is 27.6 Å². The average Bonchev–Trinajstić information content (AvgIpc) is 2.44. The monoisotopic (exact) mass is 432 g/mol. The van der Waals surface area contributed by atoms with Gasteiger partial charge in [0.2, 0.25) is 10.0 Å². The minimum atomic E-state index is -3.60. The van der Waals surface area contributed by atoms with Crippen LogP contribution < -0.4 is 5.32 Å². The summed E-state index contributed by atoms with van der Waals surface area (Å²) in [6.07, 6.45) is 0.894. The maximum atomic E-state index is 12.9. The lowest BCUT2D eigenvalue weighted by Gasteiger charge is -2.33. The van der Waals surface area contributed by atoms with Gasteiger partial charge in [-0.2, -0.15) is 4.31 Å². The number of amides is 1. The Bertz CT molecular complexity index is 723. The molecule has 140 valence electrons. The zero-order chi connectivity index (χ0) is 18.8. The number of alkyl carbamates (subject to hydrolysis) is 1. The fourth-order valence-corrected chi connectivity index (χ4v) is 5.17. The third-order valence-electron chi connectivity index (χ3n) is 3.76. The van der Waals surface area contributed by atoms with Crippen LogP contribution in [0.3, 0.4) is 0 Å². The van der Waals surface area contributed by atoms with E-state index in [1.807, 2.05) is 13.0 Å². The summed E-state index contributed by atoms with van der Waals surface area (Å²) in [5.41, 5.74) is 0.284. The van der Waals surface area contributed by atoms with E-state index in [9.17, 15) is 13.2 Å². The number of carbonyl (C=O) groups is 1. The number of carbonyl (C=O) groups excluding carboxylic acids is 1. The second kappa shape index (κ2) is 7.63. The van der Waals surface area contributed by atoms with Crippen molar-refractivity contribution in [2.24, 2.45) is 0 Å². The molecule has 1 atom stereocenters. The number of nitrogens with zero attached hydrogens (tertiary/aromatic N) is 1. The van der Waals surface area contributed by atoms with Gasteiger partial charge in [-0.25, -0.2) is 13.2 Å². The van der Waals surface area contributed by atoms with Gasteiger partial charge in [0.1, 0.15) is 5.60 Å². The topological polar surface area (TPSA) is 75.7 Å². The smallest absolute Gasteiger partial charge is 0.407 e. The standard InChI is InChI=1S/C17H25BrN2O4S/c1-12-8-13(18)10-15(9-12)25(22,23)20-7-5-6-14(11-20)19-16(21)24-17(2,3)4/h8-10,14H,5-7,11H2,1-4H3,(H,19,21). The molecular weight excluding hydrogens is 408 g/mol. The van der Waals surface area contributed by atoms with Gasteiger partial charge in [-0.3, -0.25) is 0 Å². The number of hydrogen-bond donors (Lipinski definition) is 1. The predicted molar refractivity (Wildman–Crippen MR) is 100 cm³/mol. The van der Waals surface area contributed by atoms with E-state index in [-0.39, 0.29) is 17.5 Å². The van der Waals surface area contributed by atoms with E-state index in [0.717, 1.165) is 16.5 Å². The second-order valence-electron chi connectivity index (χ2n) is 7.31. The summed E-state index contributed by atoms with van der Waals surface area (Å²) >= 11 is 3.35. The molecule has 6 nitrogen and oxygen atoms in total. The number of halogens is 1. The van der Waals surface area contributed by atoms with E-state index >= 15 is 0 Å². The van der Waals surface area contributed by atoms with Crippen LogP contribution >= 0.6 is 15.9 Å². The maximum Gasteiger partial charge on any atom is 0.407 e. The average molecular weight is 433 g/mol. The Morgan fingerprint density at radius 2 is 2.00 bits per heavy atom. The molecule has 1 aromatic carbocycles. The van der Waals surface area contributed by atoms with Crippen LogP contribution in [0.1, 0.15) is 39.2 Å². The first kappa shape index (κ1) is 20.2. The molecule has 1 aliphatic heterocycles. The van der Waals surface area contributed by atoms with Crippen molar-refractivity contribution >= 4 is 32.0 Å². The van der Waals surface area contributed by atoms with Crippen molar-refractivity contribution in [3.05, 3.63) is 28.2 Å². The zero-order valence-electron chi connectivity index (χ0n) is 15.0. The number of rotatable bonds is 3. The first-order valence-electron chi connectivity index (χ1n) is 8.24. The number of sulfonamides is 1. The number of aryl methyl sites for hydroxylation is 1. The van der Waals surface area contributed by atoms with Crippen molar-refractivity contribution < 1.29 is 17.9 Å². The highest BCUT2D eigenvalue weighted by atomic mass is 79.9. The molecule has 1 heterocycles. The largest absolute Gasteiger partial charge is 0.444 e. The summed E-state index contributed by atoms with van der Waals surface area (Å²) in [5, 5.41) is 2.78. The molecule has 0 saturated carbocycles. The molecule has 2 rings (SSSR count). The fraction of sp³-hybridized carbons (Fsp3) is 0.588. The van der Waals surface area contributed by atoms with Gasteiger partial charge in [-0.1, -0.05) is 15.9 Å². The third kappa shape index (κ3) is 5.69. The Morgan fingerprint density at radius 3 is 2.60 bits per heavy atom. The van der Waals surface area contributed by atoms with Crippen LogP contribution in [0.5, 0.6) is 0 Å². The molecule has 1 N–H and O–H groups in total. The molecule has 1 amide bonds. The number of nitrogens with one attached hydrogen (secondary N) is 1. The highest BCUT2D eigenvalue weighted by molar-refractivity contribution is 9.10. The van der Waals surface area contributed by atoms with Crippen molar-refractivity contribution in [2.45, 2.75) is 57.1 Å². The Balaban J connectivity index is 2.10. The quantitative estimate of drug-likeness (QED) is 0.793. The Labute approximate surface area is 158 Å². The SMILES string of the molecule is Cc1cc(Br)cc(S(=O)(=O)N2CCCC(NC(=O)OC(C)(C)C)C2)c1. The van der Waals surface area contributed by atoms with E-state index in [1.165, 1.54) is 4.31 Å². The summed E-state index contributed by atoms with van der Waals surface area (Å²) in [6, 6.07) is 4.87. The second-order valence-corrected chi connectivity index (χ2v) is 10.2. The van der Waals surface area contributed by atoms with Gasteiger partial charge in [-0.05, 0) is 64.3 Å². The molecule has 0 radical (unpaired) electrons. The lowest BCUT2D eigenvalue weighted by atomic mass is 10.1. The van der Waals surface area contributed by atoms with Crippen LogP contribution in [0, 0.1) is 6.92 Å². The number of benzene rings is 1. The van der Waals surface area contributed by atoms with Crippen molar-refractivity contribution in [3.8, 4) is 0 Å². The molecular formula is C17H25BrN2O4S. The Morgan fingerprint density at radius 1 is 1.32 bits per heavy atom. The first-order chi connectivity index (χ1) is 11.5. The van der Waals surface area contributed by atoms with E-state index in [2.05, 4.69) is 21.2 Å². The lowest BCUT2D eigenvalue weighted by molar-refractivity contribution is 0.0487. The molecule has 8 heteroatoms. The third-order valence-corrected chi connectivity index (χ3v) is 6.06. The summed E-state index contributed by atoms with van der Waals surface area (Å²) in [6.45, 7) is 7.92. The van der Waals surface area contributed by atoms with Crippen molar-refractivity contribution in [2.75, 3.05) is 13.1 Å². The molecule has 1 fully saturated rings. The molecule has 0 spiro atoms. The highest BCUT2D eigenvalue weighted by Gasteiger charge is 2.32. The minimum Gasteiger partial charge on any atom is -0.444 e. The van der Waals surface area contributed by atoms with Crippen molar-refractivity contribution in [1.82, 2.24) is 9.62 Å². The lowest BCUT2D eigenvalue weighted by Crippen LogP contribution is -2.50. The molecule has 1 aromatic rings. The molecule has 1 aliphatic rings. The summed E-state index contributed by atoms with van der Waals surface area (Å²) in [4.78, 5) is 12.2. The summed E-state index contributed by atoms with van der Waals surface area (Å²) < 4.78 is 33.2. The summed E-state index contributed by atoms with van der Waals surface area (Å²) in [7, 11) is -3.60. The Hall–Kier alpha value is -1.12. The van der Waals surface area contributed by atoms with Gasteiger partial charge < -0.3 is 10.1 Å². The maximum absolute atomic E-state index is 12.9. The van der Waals surface area contributed by atoms with Crippen LogP contribution in [-0.2, 0) is 14.8 Å². The molecule has 0 bridgehead atoms. The number of ether oxygens (including phenoxy) is 1. The number of hydrogen-bond acceptors (Lipinski definition) is 4. The molecule has 0 aliphatic carbocycles. The van der Waals surface area contributed by atoms with Crippen molar-refractivity contribution in [3.63, 3.8) is 0 Å². The van der Waals surface area contributed by atoms with E-state index in [1.54, 1.807) is 32.9 Å². The molecule has 1 unspecified atom stereocenters. The zero-order valence-corrected chi connectivity index (χ0v) is 17.4. The Kier molecular flexibility index (Phi) is 6.17. The van der Waals surface area contributed by atoms with Crippen LogP contribution in [0.4, 0.5) is 4.79 Å². The van der Waals surface area contributed by atoms with Crippen LogP contribution in [-0.4, -0.2) is 43.5 Å². The van der Waals surface area contributed by atoms with Crippen LogP contribution in [0.25, 0.3) is 0 Å². The molecule has 0 aromatic heterocycles. The highest BCUT2D eigenvalue weighted by Crippen LogP contribution is 2.25. The normalized spacial score (nSPS) is 19.5. The van der Waals surface area contributed by atoms with E-state index < -0.39 is 21.7 Å². The molecule has 25 heavy (non-hydrogen) atoms. The van der Waals surface area contributed by atoms with Gasteiger partial charge in [0.15, 0.2) is 0 Å². The van der Waals surface area contributed by atoms with Gasteiger partial charge in [-0.15, -0.1) is 0 Å². The van der Waals surface area contributed by atoms with Crippen molar-refractivity contribution in [1.29, 1.82) is 0 Å². The first-order valence-corrected chi connectivity index (χ1v) is 10.5. The van der Waals surface area contributed by atoms with Gasteiger partial charge in [0, 0.05) is 23.6 Å². The van der Waals surface area contributed by atoms with E-state index in [0.29, 0.717) is 13.0 Å².